The number of rotatable bonds is 3. The van der Waals surface area contributed by atoms with Gasteiger partial charge in [-0.25, -0.2) is 0 Å². The molecule has 106 valence electrons. The predicted molar refractivity (Wildman–Crippen MR) is 90.1 cm³/mol. The summed E-state index contributed by atoms with van der Waals surface area (Å²) < 4.78 is 0. The molecule has 0 bridgehead atoms. The van der Waals surface area contributed by atoms with Crippen molar-refractivity contribution in [3.05, 3.63) is 72.4 Å². The number of carbonyl (C=O) groups excluding carboxylic acids is 1. The molecule has 1 heterocycles. The van der Waals surface area contributed by atoms with Crippen molar-refractivity contribution in [2.24, 2.45) is 0 Å². The van der Waals surface area contributed by atoms with Crippen molar-refractivity contribution in [3.63, 3.8) is 0 Å². The Bertz CT molecular complexity index is 597. The molecule has 1 aliphatic heterocycles. The van der Waals surface area contributed by atoms with Crippen molar-refractivity contribution in [3.8, 4) is 0 Å². The van der Waals surface area contributed by atoms with Crippen molar-refractivity contribution in [1.82, 2.24) is 0 Å². The average Bonchev–Trinajstić information content (AvgIpc) is 2.56. The second kappa shape index (κ2) is 6.64. The number of ketones is 1. The summed E-state index contributed by atoms with van der Waals surface area (Å²) >= 11 is 1.82. The lowest BCUT2D eigenvalue weighted by Crippen LogP contribution is -2.17. The van der Waals surface area contributed by atoms with Gasteiger partial charge >= 0.3 is 0 Å². The van der Waals surface area contributed by atoms with Crippen LogP contribution in [-0.2, 0) is 4.79 Å². The summed E-state index contributed by atoms with van der Waals surface area (Å²) in [6.07, 6.45) is 2.65. The molecular weight excluding hydrogens is 278 g/mol. The number of Topliss-reactive ketones (excluding diaryl/α,β-unsaturated/α-hetero) is 1. The number of anilines is 2. The van der Waals surface area contributed by atoms with Gasteiger partial charge in [0, 0.05) is 41.1 Å². The first-order valence-corrected chi connectivity index (χ1v) is 8.21. The van der Waals surface area contributed by atoms with Gasteiger partial charge in [-0.1, -0.05) is 36.4 Å². The molecule has 1 aliphatic rings. The van der Waals surface area contributed by atoms with Crippen LogP contribution in [0.3, 0.4) is 0 Å². The minimum Gasteiger partial charge on any atom is -0.317 e. The van der Waals surface area contributed by atoms with Gasteiger partial charge in [0.1, 0.15) is 0 Å². The van der Waals surface area contributed by atoms with Crippen LogP contribution in [0, 0.1) is 0 Å². The van der Waals surface area contributed by atoms with E-state index < -0.39 is 0 Å². The van der Waals surface area contributed by atoms with E-state index in [1.54, 1.807) is 0 Å². The van der Waals surface area contributed by atoms with E-state index in [1.165, 1.54) is 0 Å². The maximum atomic E-state index is 12.1. The zero-order valence-corrected chi connectivity index (χ0v) is 12.6. The number of benzene rings is 2. The fourth-order valence-corrected chi connectivity index (χ4v) is 3.26. The molecule has 1 fully saturated rings. The van der Waals surface area contributed by atoms with Crippen molar-refractivity contribution in [2.45, 2.75) is 6.42 Å². The van der Waals surface area contributed by atoms with Crippen LogP contribution in [-0.4, -0.2) is 17.3 Å². The normalized spacial score (nSPS) is 17.0. The van der Waals surface area contributed by atoms with E-state index in [9.17, 15) is 4.79 Å². The summed E-state index contributed by atoms with van der Waals surface area (Å²) in [4.78, 5) is 14.2. The van der Waals surface area contributed by atoms with Crippen molar-refractivity contribution in [2.75, 3.05) is 16.4 Å². The Kier molecular flexibility index (Phi) is 4.41. The molecule has 2 nitrogen and oxygen atoms in total. The van der Waals surface area contributed by atoms with Crippen LogP contribution in [0.4, 0.5) is 11.4 Å². The molecule has 0 saturated carbocycles. The Morgan fingerprint density at radius 2 is 1.48 bits per heavy atom. The quantitative estimate of drug-likeness (QED) is 0.782. The maximum absolute atomic E-state index is 12.1. The summed E-state index contributed by atoms with van der Waals surface area (Å²) in [5.41, 5.74) is 3.04. The molecular formula is C18H17NOS. The third kappa shape index (κ3) is 3.37. The van der Waals surface area contributed by atoms with Gasteiger partial charge in [-0.3, -0.25) is 4.79 Å². The average molecular weight is 295 g/mol. The fraction of sp³-hybridized carbons (Fsp3) is 0.167. The second-order valence-electron chi connectivity index (χ2n) is 4.92. The predicted octanol–water partition coefficient (Wildman–Crippen LogP) is 4.41. The third-order valence-corrected chi connectivity index (χ3v) is 4.45. The van der Waals surface area contributed by atoms with Crippen LogP contribution >= 0.6 is 11.8 Å². The number of nitrogens with zero attached hydrogens (tertiary/aromatic N) is 1. The largest absolute Gasteiger partial charge is 0.317 e. The minimum atomic E-state index is 0.269. The minimum absolute atomic E-state index is 0.269. The van der Waals surface area contributed by atoms with Gasteiger partial charge in [0.15, 0.2) is 5.78 Å². The van der Waals surface area contributed by atoms with Gasteiger partial charge in [-0.2, -0.15) is 11.8 Å². The Balaban J connectivity index is 2.01. The Morgan fingerprint density at radius 3 is 2.00 bits per heavy atom. The van der Waals surface area contributed by atoms with Crippen molar-refractivity contribution in [1.29, 1.82) is 0 Å². The molecule has 2 aromatic carbocycles. The molecule has 0 N–H and O–H groups in total. The van der Waals surface area contributed by atoms with Crippen LogP contribution in [0.25, 0.3) is 0 Å². The Morgan fingerprint density at radius 1 is 0.905 bits per heavy atom. The Labute approximate surface area is 129 Å². The lowest BCUT2D eigenvalue weighted by Gasteiger charge is -2.23. The maximum Gasteiger partial charge on any atom is 0.162 e. The highest BCUT2D eigenvalue weighted by Crippen LogP contribution is 2.28. The summed E-state index contributed by atoms with van der Waals surface area (Å²) in [6, 6.07) is 20.3. The molecule has 0 aliphatic carbocycles. The van der Waals surface area contributed by atoms with E-state index in [-0.39, 0.29) is 5.78 Å². The number of thioether (sulfide) groups is 1. The van der Waals surface area contributed by atoms with E-state index >= 15 is 0 Å². The summed E-state index contributed by atoms with van der Waals surface area (Å²) in [6.45, 7) is 0. The van der Waals surface area contributed by atoms with Crippen LogP contribution in [0.2, 0.25) is 0 Å². The molecule has 1 saturated heterocycles. The van der Waals surface area contributed by atoms with E-state index in [2.05, 4.69) is 29.2 Å². The summed E-state index contributed by atoms with van der Waals surface area (Å²) in [7, 11) is 0. The first-order valence-electron chi connectivity index (χ1n) is 7.05. The standard InChI is InChI=1S/C18H17NOS/c20-18-11-12-21-14-15(18)13-19(16-7-3-1-4-8-16)17-9-5-2-6-10-17/h1-10,13H,11-12,14H2/b15-13+. The van der Waals surface area contributed by atoms with E-state index in [0.29, 0.717) is 6.42 Å². The van der Waals surface area contributed by atoms with Crippen LogP contribution < -0.4 is 4.90 Å². The zero-order valence-electron chi connectivity index (χ0n) is 11.7. The SMILES string of the molecule is O=C1CCSC/C1=C\N(c1ccccc1)c1ccccc1. The van der Waals surface area contributed by atoms with Gasteiger partial charge in [0.25, 0.3) is 0 Å². The summed E-state index contributed by atoms with van der Waals surface area (Å²) in [5, 5.41) is 0. The van der Waals surface area contributed by atoms with E-state index in [1.807, 2.05) is 54.4 Å². The second-order valence-corrected chi connectivity index (χ2v) is 6.03. The van der Waals surface area contributed by atoms with Crippen molar-refractivity contribution < 1.29 is 4.79 Å². The number of hydrogen-bond donors (Lipinski definition) is 0. The van der Waals surface area contributed by atoms with Crippen LogP contribution in [0.15, 0.2) is 72.4 Å². The van der Waals surface area contributed by atoms with Gasteiger partial charge in [-0.05, 0) is 24.3 Å². The fourth-order valence-electron chi connectivity index (χ4n) is 2.33. The van der Waals surface area contributed by atoms with E-state index in [0.717, 1.165) is 28.5 Å². The number of hydrogen-bond acceptors (Lipinski definition) is 3. The van der Waals surface area contributed by atoms with Crippen molar-refractivity contribution >= 4 is 28.9 Å². The first-order chi connectivity index (χ1) is 10.3. The lowest BCUT2D eigenvalue weighted by atomic mass is 10.1. The Hall–Kier alpha value is -2.00. The molecule has 2 aromatic rings. The van der Waals surface area contributed by atoms with Gasteiger partial charge in [0.2, 0.25) is 0 Å². The molecule has 0 spiro atoms. The molecule has 0 atom stereocenters. The molecule has 3 rings (SSSR count). The molecule has 21 heavy (non-hydrogen) atoms. The van der Waals surface area contributed by atoms with Crippen LogP contribution in [0.5, 0.6) is 0 Å². The molecule has 0 radical (unpaired) electrons. The van der Waals surface area contributed by atoms with Crippen LogP contribution in [0.1, 0.15) is 6.42 Å². The molecule has 0 amide bonds. The zero-order chi connectivity index (χ0) is 14.5. The van der Waals surface area contributed by atoms with E-state index in [4.69, 9.17) is 0 Å². The number of carbonyl (C=O) groups is 1. The number of para-hydroxylation sites is 2. The smallest absolute Gasteiger partial charge is 0.162 e. The monoisotopic (exact) mass is 295 g/mol. The summed E-state index contributed by atoms with van der Waals surface area (Å²) in [5.74, 6) is 2.01. The topological polar surface area (TPSA) is 20.3 Å². The van der Waals surface area contributed by atoms with Gasteiger partial charge in [-0.15, -0.1) is 0 Å². The lowest BCUT2D eigenvalue weighted by molar-refractivity contribution is -0.115. The highest BCUT2D eigenvalue weighted by molar-refractivity contribution is 7.99. The molecule has 0 unspecified atom stereocenters. The highest BCUT2D eigenvalue weighted by atomic mass is 32.2. The highest BCUT2D eigenvalue weighted by Gasteiger charge is 2.17. The first kappa shape index (κ1) is 14.0. The van der Waals surface area contributed by atoms with Gasteiger partial charge in [0.05, 0.1) is 0 Å². The third-order valence-electron chi connectivity index (χ3n) is 3.44. The molecule has 3 heteroatoms. The van der Waals surface area contributed by atoms with Gasteiger partial charge < -0.3 is 4.90 Å². The molecule has 0 aromatic heterocycles.